The summed E-state index contributed by atoms with van der Waals surface area (Å²) >= 11 is 0. The summed E-state index contributed by atoms with van der Waals surface area (Å²) in [6.07, 6.45) is 3.09. The molecule has 0 rings (SSSR count). The van der Waals surface area contributed by atoms with Gasteiger partial charge < -0.3 is 5.11 Å². The number of allylic oxidation sites excluding steroid dienone is 1. The molecule has 0 spiro atoms. The fourth-order valence-corrected chi connectivity index (χ4v) is 0.443. The first-order chi connectivity index (χ1) is 3.85. The monoisotopic (exact) mass is 114 g/mol. The van der Waals surface area contributed by atoms with Crippen molar-refractivity contribution in [3.8, 4) is 0 Å². The van der Waals surface area contributed by atoms with E-state index in [1.807, 2.05) is 6.92 Å². The van der Waals surface area contributed by atoms with Crippen molar-refractivity contribution in [2.24, 2.45) is 0 Å². The maximum absolute atomic E-state index is 9.90. The van der Waals surface area contributed by atoms with Gasteiger partial charge in [0, 0.05) is 5.57 Å². The average Bonchev–Trinajstić information content (AvgIpc) is 1.83. The van der Waals surface area contributed by atoms with Crippen molar-refractivity contribution in [3.63, 3.8) is 0 Å². The Morgan fingerprint density at radius 2 is 2.38 bits per heavy atom. The predicted octanol–water partition coefficient (Wildman–Crippen LogP) is 1.43. The molecule has 8 heavy (non-hydrogen) atoms. The molecule has 0 aromatic heterocycles. The summed E-state index contributed by atoms with van der Waals surface area (Å²) in [7, 11) is 0. The number of hydrogen-bond donors (Lipinski definition) is 1. The molecule has 0 aromatic rings. The van der Waals surface area contributed by atoms with Crippen LogP contribution in [0.25, 0.3) is 0 Å². The first-order valence-corrected chi connectivity index (χ1v) is 2.63. The number of aliphatic hydroxyl groups excluding tert-OH is 1. The van der Waals surface area contributed by atoms with Crippen molar-refractivity contribution >= 4 is 6.29 Å². The lowest BCUT2D eigenvalue weighted by atomic mass is 10.2. The summed E-state index contributed by atoms with van der Waals surface area (Å²) in [4.78, 5) is 9.90. The lowest BCUT2D eigenvalue weighted by molar-refractivity contribution is -0.105. The van der Waals surface area contributed by atoms with E-state index in [2.05, 4.69) is 0 Å². The van der Waals surface area contributed by atoms with E-state index in [4.69, 9.17) is 5.11 Å². The van der Waals surface area contributed by atoms with E-state index < -0.39 is 0 Å². The fourth-order valence-electron chi connectivity index (χ4n) is 0.443. The van der Waals surface area contributed by atoms with Gasteiger partial charge in [-0.25, -0.2) is 0 Å². The molecule has 0 amide bonds. The van der Waals surface area contributed by atoms with Crippen molar-refractivity contribution in [2.45, 2.75) is 19.8 Å². The van der Waals surface area contributed by atoms with Gasteiger partial charge in [0.05, 0.1) is 6.26 Å². The van der Waals surface area contributed by atoms with Crippen LogP contribution in [0, 0.1) is 0 Å². The highest BCUT2D eigenvalue weighted by Crippen LogP contribution is 1.97. The molecule has 0 radical (unpaired) electrons. The van der Waals surface area contributed by atoms with Crippen LogP contribution in [-0.4, -0.2) is 11.4 Å². The zero-order chi connectivity index (χ0) is 6.41. The molecule has 0 aliphatic rings. The number of aldehydes is 1. The van der Waals surface area contributed by atoms with Gasteiger partial charge >= 0.3 is 0 Å². The molecular weight excluding hydrogens is 104 g/mol. The predicted molar refractivity (Wildman–Crippen MR) is 31.7 cm³/mol. The molecule has 1 N–H and O–H groups in total. The molecule has 0 aliphatic carbocycles. The van der Waals surface area contributed by atoms with Crippen molar-refractivity contribution in [1.29, 1.82) is 0 Å². The Balaban J connectivity index is 3.54. The van der Waals surface area contributed by atoms with Crippen molar-refractivity contribution in [1.82, 2.24) is 0 Å². The Morgan fingerprint density at radius 1 is 1.75 bits per heavy atom. The van der Waals surface area contributed by atoms with Crippen LogP contribution >= 0.6 is 0 Å². The highest BCUT2D eigenvalue weighted by atomic mass is 16.2. The molecule has 0 heterocycles. The molecule has 0 unspecified atom stereocenters. The second kappa shape index (κ2) is 4.37. The van der Waals surface area contributed by atoms with Crippen LogP contribution in [-0.2, 0) is 4.79 Å². The third-order valence-electron chi connectivity index (χ3n) is 0.856. The minimum atomic E-state index is 0.465. The third-order valence-corrected chi connectivity index (χ3v) is 0.856. The molecule has 0 saturated heterocycles. The SMILES string of the molecule is CCC/C(C=O)=C\O. The van der Waals surface area contributed by atoms with Crippen LogP contribution in [0.15, 0.2) is 11.8 Å². The van der Waals surface area contributed by atoms with Gasteiger partial charge in [0.1, 0.15) is 6.29 Å². The highest BCUT2D eigenvalue weighted by Gasteiger charge is 1.89. The van der Waals surface area contributed by atoms with E-state index in [-0.39, 0.29) is 0 Å². The quantitative estimate of drug-likeness (QED) is 0.342. The fraction of sp³-hybridized carbons (Fsp3) is 0.500. The van der Waals surface area contributed by atoms with E-state index in [1.165, 1.54) is 0 Å². The van der Waals surface area contributed by atoms with E-state index in [1.54, 1.807) is 0 Å². The average molecular weight is 114 g/mol. The zero-order valence-corrected chi connectivity index (χ0v) is 4.92. The van der Waals surface area contributed by atoms with Gasteiger partial charge in [0.25, 0.3) is 0 Å². The number of carbonyl (C=O) groups excluding carboxylic acids is 1. The molecule has 0 atom stereocenters. The van der Waals surface area contributed by atoms with Gasteiger partial charge in [0.15, 0.2) is 0 Å². The third kappa shape index (κ3) is 2.39. The Hall–Kier alpha value is -0.790. The lowest BCUT2D eigenvalue weighted by Gasteiger charge is -1.88. The van der Waals surface area contributed by atoms with Crippen molar-refractivity contribution in [3.05, 3.63) is 11.8 Å². The van der Waals surface area contributed by atoms with Gasteiger partial charge in [-0.15, -0.1) is 0 Å². The molecule has 0 saturated carbocycles. The number of rotatable bonds is 3. The smallest absolute Gasteiger partial charge is 0.149 e. The molecule has 2 heteroatoms. The molecule has 0 bridgehead atoms. The molecule has 0 aliphatic heterocycles. The van der Waals surface area contributed by atoms with E-state index in [0.717, 1.165) is 12.7 Å². The van der Waals surface area contributed by atoms with Gasteiger partial charge in [-0.05, 0) is 6.42 Å². The topological polar surface area (TPSA) is 37.3 Å². The van der Waals surface area contributed by atoms with Gasteiger partial charge in [-0.2, -0.15) is 0 Å². The highest BCUT2D eigenvalue weighted by molar-refractivity contribution is 5.72. The van der Waals surface area contributed by atoms with Crippen LogP contribution in [0.5, 0.6) is 0 Å². The summed E-state index contributed by atoms with van der Waals surface area (Å²) in [5.74, 6) is 0. The summed E-state index contributed by atoms with van der Waals surface area (Å²) in [5, 5.41) is 8.26. The van der Waals surface area contributed by atoms with Crippen molar-refractivity contribution < 1.29 is 9.90 Å². The molecule has 2 nitrogen and oxygen atoms in total. The Morgan fingerprint density at radius 3 is 2.50 bits per heavy atom. The van der Waals surface area contributed by atoms with Gasteiger partial charge in [-0.1, -0.05) is 13.3 Å². The Bertz CT molecular complexity index is 94.7. The molecule has 0 fully saturated rings. The zero-order valence-electron chi connectivity index (χ0n) is 4.92. The van der Waals surface area contributed by atoms with Gasteiger partial charge in [-0.3, -0.25) is 4.79 Å². The van der Waals surface area contributed by atoms with E-state index >= 15 is 0 Å². The first-order valence-electron chi connectivity index (χ1n) is 2.63. The largest absolute Gasteiger partial charge is 0.515 e. The van der Waals surface area contributed by atoms with Gasteiger partial charge in [0.2, 0.25) is 0 Å². The van der Waals surface area contributed by atoms with Crippen LogP contribution in [0.2, 0.25) is 0 Å². The molecule has 46 valence electrons. The minimum Gasteiger partial charge on any atom is -0.515 e. The second-order valence-corrected chi connectivity index (χ2v) is 1.57. The standard InChI is InChI=1S/C6H10O2/c1-2-3-6(4-7)5-8/h4-5,7H,2-3H2,1H3/b6-4+. The van der Waals surface area contributed by atoms with Crippen LogP contribution in [0.1, 0.15) is 19.8 Å². The summed E-state index contributed by atoms with van der Waals surface area (Å²) in [5.41, 5.74) is 0.465. The maximum atomic E-state index is 9.90. The Kier molecular flexibility index (Phi) is 3.94. The minimum absolute atomic E-state index is 0.465. The maximum Gasteiger partial charge on any atom is 0.149 e. The van der Waals surface area contributed by atoms with E-state index in [9.17, 15) is 4.79 Å². The summed E-state index contributed by atoms with van der Waals surface area (Å²) in [6.45, 7) is 1.95. The normalized spacial score (nSPS) is 11.4. The summed E-state index contributed by atoms with van der Waals surface area (Å²) in [6, 6.07) is 0. The second-order valence-electron chi connectivity index (χ2n) is 1.57. The molecular formula is C6H10O2. The van der Waals surface area contributed by atoms with Crippen LogP contribution in [0.4, 0.5) is 0 Å². The first kappa shape index (κ1) is 7.21. The lowest BCUT2D eigenvalue weighted by Crippen LogP contribution is -1.82. The molecule has 0 aromatic carbocycles. The number of carbonyl (C=O) groups is 1. The van der Waals surface area contributed by atoms with E-state index in [0.29, 0.717) is 18.3 Å². The van der Waals surface area contributed by atoms with Crippen LogP contribution < -0.4 is 0 Å². The summed E-state index contributed by atoms with van der Waals surface area (Å²) < 4.78 is 0. The number of hydrogen-bond acceptors (Lipinski definition) is 2. The van der Waals surface area contributed by atoms with Crippen molar-refractivity contribution in [2.75, 3.05) is 0 Å². The number of aliphatic hydroxyl groups is 1. The Labute approximate surface area is 48.8 Å². The van der Waals surface area contributed by atoms with Crippen LogP contribution in [0.3, 0.4) is 0 Å².